The topological polar surface area (TPSA) is 9.23 Å². The molecule has 0 N–H and O–H groups in total. The summed E-state index contributed by atoms with van der Waals surface area (Å²) in [4.78, 5) is 0. The number of benzene rings is 2. The fourth-order valence-electron chi connectivity index (χ4n) is 3.48. The van der Waals surface area contributed by atoms with Gasteiger partial charge < -0.3 is 4.74 Å². The van der Waals surface area contributed by atoms with Crippen molar-refractivity contribution in [3.8, 4) is 5.75 Å². The van der Waals surface area contributed by atoms with E-state index in [1.54, 1.807) is 12.1 Å². The Balaban J connectivity index is 1.94. The van der Waals surface area contributed by atoms with Crippen molar-refractivity contribution in [1.29, 1.82) is 0 Å². The highest BCUT2D eigenvalue weighted by Gasteiger charge is 2.34. The van der Waals surface area contributed by atoms with Gasteiger partial charge in [0.25, 0.3) is 0 Å². The maximum Gasteiger partial charge on any atom is 0.573 e. The lowest BCUT2D eigenvalue weighted by atomic mass is 9.78. The highest BCUT2D eigenvalue weighted by atomic mass is 19.4. The quantitative estimate of drug-likeness (QED) is 0.452. The zero-order chi connectivity index (χ0) is 18.2. The zero-order valence-electron chi connectivity index (χ0n) is 13.4. The second-order valence-electron chi connectivity index (χ2n) is 6.38. The van der Waals surface area contributed by atoms with E-state index in [0.717, 1.165) is 37.3 Å². The summed E-state index contributed by atoms with van der Waals surface area (Å²) in [6, 6.07) is 5.62. The molecule has 1 nitrogen and oxygen atoms in total. The van der Waals surface area contributed by atoms with Crippen molar-refractivity contribution >= 4 is 10.8 Å². The third-order valence-corrected chi connectivity index (χ3v) is 4.80. The average Bonchev–Trinajstić information content (AvgIpc) is 2.57. The van der Waals surface area contributed by atoms with Crippen LogP contribution >= 0.6 is 0 Å². The first-order valence-electron chi connectivity index (χ1n) is 8.08. The molecule has 0 saturated heterocycles. The molecule has 3 rings (SSSR count). The fraction of sp³-hybridized carbons (Fsp3) is 0.368. The molecule has 1 fully saturated rings. The van der Waals surface area contributed by atoms with E-state index in [1.807, 2.05) is 6.08 Å². The van der Waals surface area contributed by atoms with Gasteiger partial charge in [-0.25, -0.2) is 8.78 Å². The van der Waals surface area contributed by atoms with E-state index in [0.29, 0.717) is 5.92 Å². The molecular weight excluding hydrogens is 339 g/mol. The van der Waals surface area contributed by atoms with Crippen molar-refractivity contribution in [2.45, 2.75) is 38.0 Å². The van der Waals surface area contributed by atoms with E-state index in [1.165, 1.54) is 6.07 Å². The minimum atomic E-state index is -5.15. The van der Waals surface area contributed by atoms with Gasteiger partial charge in [-0.15, -0.1) is 19.8 Å². The van der Waals surface area contributed by atoms with Crippen LogP contribution in [0.3, 0.4) is 0 Å². The van der Waals surface area contributed by atoms with E-state index >= 15 is 0 Å². The molecule has 0 bridgehead atoms. The number of hydrogen-bond acceptors (Lipinski definition) is 1. The lowest BCUT2D eigenvalue weighted by molar-refractivity contribution is -0.276. The van der Waals surface area contributed by atoms with Crippen molar-refractivity contribution in [1.82, 2.24) is 0 Å². The molecule has 0 spiro atoms. The Morgan fingerprint density at radius 2 is 1.72 bits per heavy atom. The van der Waals surface area contributed by atoms with Crippen LogP contribution in [-0.2, 0) is 0 Å². The number of allylic oxidation sites excluding steroid dienone is 1. The van der Waals surface area contributed by atoms with Crippen molar-refractivity contribution in [3.05, 3.63) is 54.1 Å². The number of alkyl halides is 3. The van der Waals surface area contributed by atoms with E-state index in [4.69, 9.17) is 0 Å². The van der Waals surface area contributed by atoms with Crippen LogP contribution in [-0.4, -0.2) is 6.36 Å². The smallest absolute Gasteiger partial charge is 0.399 e. The first-order valence-corrected chi connectivity index (χ1v) is 8.08. The molecule has 0 aromatic heterocycles. The van der Waals surface area contributed by atoms with Crippen LogP contribution in [0.2, 0.25) is 0 Å². The average molecular weight is 356 g/mol. The molecular formula is C19H17F5O. The molecule has 0 amide bonds. The Hall–Kier alpha value is -2.11. The number of rotatable bonds is 3. The largest absolute Gasteiger partial charge is 0.573 e. The van der Waals surface area contributed by atoms with Gasteiger partial charge in [-0.1, -0.05) is 24.3 Å². The summed E-state index contributed by atoms with van der Waals surface area (Å²) in [6.45, 7) is 3.80. The minimum absolute atomic E-state index is 0.0934. The number of ether oxygens (including phenoxy) is 1. The molecule has 2 aromatic rings. The molecule has 1 saturated carbocycles. The van der Waals surface area contributed by atoms with Crippen LogP contribution in [0.5, 0.6) is 5.75 Å². The van der Waals surface area contributed by atoms with E-state index < -0.39 is 23.7 Å². The second-order valence-corrected chi connectivity index (χ2v) is 6.38. The van der Waals surface area contributed by atoms with E-state index in [-0.39, 0.29) is 16.7 Å². The molecule has 0 aliphatic heterocycles. The highest BCUT2D eigenvalue weighted by molar-refractivity contribution is 5.85. The summed E-state index contributed by atoms with van der Waals surface area (Å²) >= 11 is 0. The molecule has 2 aromatic carbocycles. The van der Waals surface area contributed by atoms with Crippen molar-refractivity contribution in [3.63, 3.8) is 0 Å². The molecule has 134 valence electrons. The molecule has 6 heteroatoms. The van der Waals surface area contributed by atoms with Gasteiger partial charge in [-0.05, 0) is 54.5 Å². The van der Waals surface area contributed by atoms with E-state index in [2.05, 4.69) is 11.3 Å². The summed E-state index contributed by atoms with van der Waals surface area (Å²) in [5.74, 6) is -3.35. The van der Waals surface area contributed by atoms with Crippen LogP contribution in [0.4, 0.5) is 22.0 Å². The van der Waals surface area contributed by atoms with Gasteiger partial charge in [0, 0.05) is 5.39 Å². The molecule has 1 aliphatic carbocycles. The Bertz CT molecular complexity index is 788. The van der Waals surface area contributed by atoms with Crippen molar-refractivity contribution in [2.24, 2.45) is 5.92 Å². The third-order valence-electron chi connectivity index (χ3n) is 4.80. The third kappa shape index (κ3) is 3.78. The SMILES string of the molecule is C=CC1CCC(c2ccc3c(F)c(OC(F)(F)F)c(F)cc3c2)CC1. The van der Waals surface area contributed by atoms with Gasteiger partial charge >= 0.3 is 6.36 Å². The summed E-state index contributed by atoms with van der Waals surface area (Å²) < 4.78 is 68.6. The van der Waals surface area contributed by atoms with E-state index in [9.17, 15) is 22.0 Å². The monoisotopic (exact) mass is 356 g/mol. The summed E-state index contributed by atoms with van der Waals surface area (Å²) in [6.07, 6.45) is 0.702. The molecule has 0 unspecified atom stereocenters. The molecule has 0 atom stereocenters. The Morgan fingerprint density at radius 3 is 2.32 bits per heavy atom. The van der Waals surface area contributed by atoms with Gasteiger partial charge in [-0.2, -0.15) is 0 Å². The van der Waals surface area contributed by atoms with Gasteiger partial charge in [0.1, 0.15) is 0 Å². The molecule has 25 heavy (non-hydrogen) atoms. The summed E-state index contributed by atoms with van der Waals surface area (Å²) in [7, 11) is 0. The maximum atomic E-state index is 14.3. The van der Waals surface area contributed by atoms with Crippen LogP contribution in [0.1, 0.15) is 37.2 Å². The lowest BCUT2D eigenvalue weighted by Crippen LogP contribution is -2.19. The van der Waals surface area contributed by atoms with Gasteiger partial charge in [0.2, 0.25) is 5.75 Å². The van der Waals surface area contributed by atoms with Crippen molar-refractivity contribution in [2.75, 3.05) is 0 Å². The Labute approximate surface area is 142 Å². The Kier molecular flexibility index (Phi) is 4.71. The predicted octanol–water partition coefficient (Wildman–Crippen LogP) is 6.48. The number of hydrogen-bond donors (Lipinski definition) is 0. The summed E-state index contributed by atoms with van der Waals surface area (Å²) in [5.41, 5.74) is 0.943. The van der Waals surface area contributed by atoms with Crippen molar-refractivity contribution < 1.29 is 26.7 Å². The standard InChI is InChI=1S/C19H17F5O/c1-2-11-3-5-12(6-4-11)13-7-8-15-14(9-13)10-16(20)18(17(15)21)25-19(22,23)24/h2,7-12H,1,3-6H2. The normalized spacial score (nSPS) is 21.3. The van der Waals surface area contributed by atoms with Gasteiger partial charge in [0.05, 0.1) is 0 Å². The van der Waals surface area contributed by atoms with Gasteiger partial charge in [-0.3, -0.25) is 0 Å². The first kappa shape index (κ1) is 17.7. The second kappa shape index (κ2) is 6.65. The minimum Gasteiger partial charge on any atom is -0.399 e. The first-order chi connectivity index (χ1) is 11.8. The van der Waals surface area contributed by atoms with Crippen LogP contribution in [0, 0.1) is 17.6 Å². The fourth-order valence-corrected chi connectivity index (χ4v) is 3.48. The summed E-state index contributed by atoms with van der Waals surface area (Å²) in [5, 5.41) is 0.136. The molecule has 0 radical (unpaired) electrons. The number of halogens is 5. The van der Waals surface area contributed by atoms with Crippen LogP contribution in [0.15, 0.2) is 36.9 Å². The highest BCUT2D eigenvalue weighted by Crippen LogP contribution is 2.39. The van der Waals surface area contributed by atoms with Crippen LogP contribution < -0.4 is 4.74 Å². The molecule has 1 aliphatic rings. The van der Waals surface area contributed by atoms with Gasteiger partial charge in [0.15, 0.2) is 11.6 Å². The number of fused-ring (bicyclic) bond motifs is 1. The predicted molar refractivity (Wildman–Crippen MR) is 85.4 cm³/mol. The maximum absolute atomic E-state index is 14.3. The zero-order valence-corrected chi connectivity index (χ0v) is 13.4. The Morgan fingerprint density at radius 1 is 1.04 bits per heavy atom. The lowest BCUT2D eigenvalue weighted by Gasteiger charge is -2.27. The van der Waals surface area contributed by atoms with Crippen LogP contribution in [0.25, 0.3) is 10.8 Å². The molecule has 0 heterocycles.